The van der Waals surface area contributed by atoms with Gasteiger partial charge in [0, 0.05) is 61.7 Å². The van der Waals surface area contributed by atoms with Gasteiger partial charge in [0.2, 0.25) is 0 Å². The molecule has 1 N–H and O–H groups in total. The summed E-state index contributed by atoms with van der Waals surface area (Å²) in [6.45, 7) is 1.91. The number of hydrogen-bond acceptors (Lipinski definition) is 4. The van der Waals surface area contributed by atoms with Crippen molar-refractivity contribution in [2.75, 3.05) is 13.1 Å². The normalized spacial score (nSPS) is 14.4. The van der Waals surface area contributed by atoms with Gasteiger partial charge in [-0.2, -0.15) is 0 Å². The first kappa shape index (κ1) is 20.9. The van der Waals surface area contributed by atoms with E-state index in [1.165, 1.54) is 5.56 Å². The minimum absolute atomic E-state index is 0.0646. The summed E-state index contributed by atoms with van der Waals surface area (Å²) >= 11 is 0. The minimum Gasteiger partial charge on any atom is -0.348 e. The van der Waals surface area contributed by atoms with Gasteiger partial charge in [-0.05, 0) is 66.3 Å². The van der Waals surface area contributed by atoms with E-state index in [0.29, 0.717) is 23.6 Å². The van der Waals surface area contributed by atoms with Crippen molar-refractivity contribution in [3.8, 4) is 0 Å². The fourth-order valence-electron chi connectivity index (χ4n) is 4.35. The van der Waals surface area contributed by atoms with Crippen molar-refractivity contribution < 1.29 is 9.59 Å². The van der Waals surface area contributed by atoms with E-state index in [9.17, 15) is 9.59 Å². The highest BCUT2D eigenvalue weighted by atomic mass is 16.2. The highest BCUT2D eigenvalue weighted by Gasteiger charge is 2.24. The second kappa shape index (κ2) is 9.24. The lowest BCUT2D eigenvalue weighted by molar-refractivity contribution is 0.0712. The molecule has 4 heterocycles. The number of hydrogen-bond donors (Lipinski definition) is 1. The number of imidazole rings is 1. The van der Waals surface area contributed by atoms with E-state index in [0.717, 1.165) is 37.1 Å². The molecule has 33 heavy (non-hydrogen) atoms. The molecule has 1 aliphatic rings. The number of amides is 2. The summed E-state index contributed by atoms with van der Waals surface area (Å²) in [7, 11) is 0. The van der Waals surface area contributed by atoms with E-state index < -0.39 is 0 Å². The highest BCUT2D eigenvalue weighted by molar-refractivity contribution is 5.94. The van der Waals surface area contributed by atoms with Crippen molar-refractivity contribution in [3.05, 3.63) is 102 Å². The number of benzene rings is 1. The zero-order chi connectivity index (χ0) is 22.6. The maximum absolute atomic E-state index is 12.6. The molecule has 0 bridgehead atoms. The summed E-state index contributed by atoms with van der Waals surface area (Å²) < 4.78 is 1.93. The van der Waals surface area contributed by atoms with Gasteiger partial charge in [0.1, 0.15) is 5.65 Å². The van der Waals surface area contributed by atoms with Crippen molar-refractivity contribution in [3.63, 3.8) is 0 Å². The van der Waals surface area contributed by atoms with Crippen molar-refractivity contribution in [1.82, 2.24) is 24.6 Å². The Morgan fingerprint density at radius 3 is 2.42 bits per heavy atom. The summed E-state index contributed by atoms with van der Waals surface area (Å²) in [6.07, 6.45) is 10.7. The predicted octanol–water partition coefficient (Wildman–Crippen LogP) is 3.68. The van der Waals surface area contributed by atoms with Crippen LogP contribution in [-0.4, -0.2) is 44.2 Å². The van der Waals surface area contributed by atoms with E-state index in [1.807, 2.05) is 58.1 Å². The molecule has 2 amide bonds. The van der Waals surface area contributed by atoms with Gasteiger partial charge in [-0.1, -0.05) is 12.1 Å². The van der Waals surface area contributed by atoms with Crippen molar-refractivity contribution in [2.24, 2.45) is 0 Å². The summed E-state index contributed by atoms with van der Waals surface area (Å²) in [4.78, 5) is 35.4. The Labute approximate surface area is 192 Å². The van der Waals surface area contributed by atoms with Crippen LogP contribution < -0.4 is 5.32 Å². The molecule has 7 heteroatoms. The first-order valence-corrected chi connectivity index (χ1v) is 11.2. The van der Waals surface area contributed by atoms with Crippen LogP contribution in [0.25, 0.3) is 5.65 Å². The number of rotatable bonds is 5. The van der Waals surface area contributed by atoms with Gasteiger partial charge in [0.15, 0.2) is 0 Å². The number of fused-ring (bicyclic) bond motifs is 1. The van der Waals surface area contributed by atoms with Gasteiger partial charge < -0.3 is 14.6 Å². The van der Waals surface area contributed by atoms with Crippen LogP contribution in [0, 0.1) is 0 Å². The average molecular weight is 440 g/mol. The smallest absolute Gasteiger partial charge is 0.253 e. The number of carbonyl (C=O) groups excluding carboxylic acids is 2. The van der Waals surface area contributed by atoms with Crippen molar-refractivity contribution >= 4 is 17.5 Å². The second-order valence-electron chi connectivity index (χ2n) is 8.33. The number of aromatic nitrogens is 3. The molecule has 4 aromatic rings. The fraction of sp³-hybridized carbons (Fsp3) is 0.231. The molecule has 0 aliphatic carbocycles. The number of piperidine rings is 1. The van der Waals surface area contributed by atoms with Crippen LogP contribution in [0.2, 0.25) is 0 Å². The summed E-state index contributed by atoms with van der Waals surface area (Å²) in [5.74, 6) is 0.363. The maximum atomic E-state index is 12.6. The van der Waals surface area contributed by atoms with Crippen LogP contribution in [0.3, 0.4) is 0 Å². The zero-order valence-electron chi connectivity index (χ0n) is 18.2. The van der Waals surface area contributed by atoms with E-state index >= 15 is 0 Å². The lowest BCUT2D eigenvalue weighted by Gasteiger charge is -2.32. The molecule has 166 valence electrons. The minimum atomic E-state index is -0.0949. The summed E-state index contributed by atoms with van der Waals surface area (Å²) in [5, 5.41) is 2.98. The Hall–Kier alpha value is -4.00. The van der Waals surface area contributed by atoms with Crippen LogP contribution >= 0.6 is 0 Å². The second-order valence-corrected chi connectivity index (χ2v) is 8.33. The third-order valence-corrected chi connectivity index (χ3v) is 6.27. The van der Waals surface area contributed by atoms with Crippen molar-refractivity contribution in [1.29, 1.82) is 0 Å². The molecular formula is C26H25N5O2. The van der Waals surface area contributed by atoms with Crippen LogP contribution in [0.15, 0.2) is 79.5 Å². The predicted molar refractivity (Wildman–Crippen MR) is 125 cm³/mol. The van der Waals surface area contributed by atoms with Crippen molar-refractivity contribution in [2.45, 2.75) is 25.3 Å². The molecule has 0 radical (unpaired) electrons. The van der Waals surface area contributed by atoms with Gasteiger partial charge in [-0.25, -0.2) is 4.98 Å². The summed E-state index contributed by atoms with van der Waals surface area (Å²) in [5.41, 5.74) is 4.41. The Morgan fingerprint density at radius 1 is 0.909 bits per heavy atom. The first-order valence-electron chi connectivity index (χ1n) is 11.2. The molecule has 0 saturated carbocycles. The van der Waals surface area contributed by atoms with Crippen LogP contribution in [0.5, 0.6) is 0 Å². The molecule has 1 aliphatic heterocycles. The Bertz CT molecular complexity index is 1260. The molecule has 1 fully saturated rings. The standard InChI is InChI=1S/C26H25N5O2/c32-25(29-18-19-7-13-30-16-12-28-24(30)17-19)22-3-1-20(2-4-22)21-8-14-31(15-9-21)26(33)23-5-10-27-11-6-23/h1-7,10-13,16-17,21H,8-9,14-15,18H2,(H,29,32). The van der Waals surface area contributed by atoms with Gasteiger partial charge in [-0.3, -0.25) is 14.6 Å². The van der Waals surface area contributed by atoms with Gasteiger partial charge in [-0.15, -0.1) is 0 Å². The molecule has 3 aromatic heterocycles. The average Bonchev–Trinajstić information content (AvgIpc) is 3.35. The van der Waals surface area contributed by atoms with Crippen LogP contribution in [-0.2, 0) is 6.54 Å². The third-order valence-electron chi connectivity index (χ3n) is 6.27. The third kappa shape index (κ3) is 4.62. The van der Waals surface area contributed by atoms with E-state index in [4.69, 9.17) is 0 Å². The van der Waals surface area contributed by atoms with Crippen LogP contribution in [0.1, 0.15) is 50.6 Å². The molecule has 0 spiro atoms. The Balaban J connectivity index is 1.15. The topological polar surface area (TPSA) is 79.6 Å². The SMILES string of the molecule is O=C(NCc1ccn2ccnc2c1)c1ccc(C2CCN(C(=O)c3ccncc3)CC2)cc1. The molecule has 1 aromatic carbocycles. The number of likely N-dealkylation sites (tertiary alicyclic amines) is 1. The highest BCUT2D eigenvalue weighted by Crippen LogP contribution is 2.29. The largest absolute Gasteiger partial charge is 0.348 e. The number of nitrogens with zero attached hydrogens (tertiary/aromatic N) is 4. The zero-order valence-corrected chi connectivity index (χ0v) is 18.2. The Morgan fingerprint density at radius 2 is 1.67 bits per heavy atom. The fourth-order valence-corrected chi connectivity index (χ4v) is 4.35. The molecule has 5 rings (SSSR count). The van der Waals surface area contributed by atoms with E-state index in [1.54, 1.807) is 30.7 Å². The van der Waals surface area contributed by atoms with Crippen LogP contribution in [0.4, 0.5) is 0 Å². The summed E-state index contributed by atoms with van der Waals surface area (Å²) in [6, 6.07) is 15.3. The molecular weight excluding hydrogens is 414 g/mol. The number of carbonyl (C=O) groups is 2. The lowest BCUT2D eigenvalue weighted by Crippen LogP contribution is -2.37. The first-order chi connectivity index (χ1) is 16.2. The van der Waals surface area contributed by atoms with Gasteiger partial charge in [0.05, 0.1) is 0 Å². The monoisotopic (exact) mass is 439 g/mol. The number of pyridine rings is 2. The van der Waals surface area contributed by atoms with E-state index in [2.05, 4.69) is 15.3 Å². The quantitative estimate of drug-likeness (QED) is 0.515. The lowest BCUT2D eigenvalue weighted by atomic mass is 9.88. The molecule has 0 unspecified atom stereocenters. The Kier molecular flexibility index (Phi) is 5.85. The maximum Gasteiger partial charge on any atom is 0.253 e. The van der Waals surface area contributed by atoms with Gasteiger partial charge in [0.25, 0.3) is 11.8 Å². The van der Waals surface area contributed by atoms with E-state index in [-0.39, 0.29) is 11.8 Å². The molecule has 7 nitrogen and oxygen atoms in total. The molecule has 0 atom stereocenters. The molecule has 1 saturated heterocycles. The van der Waals surface area contributed by atoms with Gasteiger partial charge >= 0.3 is 0 Å². The number of nitrogens with one attached hydrogen (secondary N) is 1.